The van der Waals surface area contributed by atoms with Gasteiger partial charge in [-0.3, -0.25) is 0 Å². The quantitative estimate of drug-likeness (QED) is 0.847. The lowest BCUT2D eigenvalue weighted by Gasteiger charge is -2.23. The molecule has 9 heteroatoms. The maximum absolute atomic E-state index is 12.1. The third kappa shape index (κ3) is 6.26. The molecule has 1 aliphatic heterocycles. The Labute approximate surface area is 132 Å². The van der Waals surface area contributed by atoms with Crippen molar-refractivity contribution in [1.82, 2.24) is 5.32 Å². The van der Waals surface area contributed by atoms with Gasteiger partial charge in [0.25, 0.3) is 0 Å². The molecule has 1 N–H and O–H groups in total. The summed E-state index contributed by atoms with van der Waals surface area (Å²) in [6.45, 7) is 1.43. The molecule has 1 aliphatic rings. The Morgan fingerprint density at radius 2 is 1.87 bits per heavy atom. The first-order valence-corrected chi connectivity index (χ1v) is 9.09. The van der Waals surface area contributed by atoms with Crippen LogP contribution in [-0.4, -0.2) is 46.0 Å². The van der Waals surface area contributed by atoms with E-state index in [9.17, 15) is 21.6 Å². The predicted molar refractivity (Wildman–Crippen MR) is 78.2 cm³/mol. The Hall–Kier alpha value is -1.48. The van der Waals surface area contributed by atoms with Crippen molar-refractivity contribution in [2.45, 2.75) is 18.9 Å². The fourth-order valence-corrected chi connectivity index (χ4v) is 3.39. The molecule has 1 aromatic carbocycles. The van der Waals surface area contributed by atoms with Gasteiger partial charge in [-0.15, -0.1) is 13.2 Å². The van der Waals surface area contributed by atoms with Crippen LogP contribution >= 0.6 is 0 Å². The predicted octanol–water partition coefficient (Wildman–Crippen LogP) is 1.99. The van der Waals surface area contributed by atoms with E-state index < -0.39 is 22.3 Å². The van der Waals surface area contributed by atoms with Gasteiger partial charge in [0.05, 0.1) is 5.75 Å². The number of ether oxygens (including phenoxy) is 2. The molecule has 0 aromatic heterocycles. The van der Waals surface area contributed by atoms with Crippen LogP contribution in [0.3, 0.4) is 0 Å². The van der Waals surface area contributed by atoms with Crippen LogP contribution in [0, 0.1) is 5.92 Å². The van der Waals surface area contributed by atoms with Crippen molar-refractivity contribution in [2.75, 3.05) is 25.1 Å². The Balaban J connectivity index is 2.06. The van der Waals surface area contributed by atoms with E-state index in [-0.39, 0.29) is 17.4 Å². The molecule has 23 heavy (non-hydrogen) atoms. The molecule has 130 valence electrons. The number of nitrogens with one attached hydrogen (secondary N) is 1. The average Bonchev–Trinajstić information content (AvgIpc) is 2.91. The standard InChI is InChI=1S/C14H18F3NO4S/c1-23(19,20)9-13(10-6-7-18-8-10)21-11-2-4-12(5-3-11)22-14(15,16)17/h2-5,10,13,18H,6-9H2,1H3/t10-,13-/m0/s1. The van der Waals surface area contributed by atoms with Crippen molar-refractivity contribution in [1.29, 1.82) is 0 Å². The normalized spacial score (nSPS) is 20.3. The number of alkyl halides is 3. The van der Waals surface area contributed by atoms with Crippen LogP contribution in [0.4, 0.5) is 13.2 Å². The molecule has 0 saturated carbocycles. The third-order valence-electron chi connectivity index (χ3n) is 3.44. The van der Waals surface area contributed by atoms with Crippen LogP contribution in [-0.2, 0) is 9.84 Å². The Morgan fingerprint density at radius 1 is 1.26 bits per heavy atom. The molecule has 1 saturated heterocycles. The van der Waals surface area contributed by atoms with Gasteiger partial charge in [-0.05, 0) is 37.2 Å². The minimum absolute atomic E-state index is 0.0378. The lowest BCUT2D eigenvalue weighted by Crippen LogP contribution is -2.35. The molecule has 1 fully saturated rings. The van der Waals surface area contributed by atoms with Crippen molar-refractivity contribution in [3.05, 3.63) is 24.3 Å². The maximum atomic E-state index is 12.1. The fourth-order valence-electron chi connectivity index (χ4n) is 2.45. The van der Waals surface area contributed by atoms with Gasteiger partial charge in [0.15, 0.2) is 9.84 Å². The largest absolute Gasteiger partial charge is 0.573 e. The van der Waals surface area contributed by atoms with Crippen molar-refractivity contribution in [2.24, 2.45) is 5.92 Å². The zero-order valence-electron chi connectivity index (χ0n) is 12.5. The van der Waals surface area contributed by atoms with Gasteiger partial charge < -0.3 is 14.8 Å². The smallest absolute Gasteiger partial charge is 0.489 e. The Morgan fingerprint density at radius 3 is 2.35 bits per heavy atom. The van der Waals surface area contributed by atoms with E-state index in [0.717, 1.165) is 31.4 Å². The molecule has 5 nitrogen and oxygen atoms in total. The Kier molecular flexibility index (Phi) is 5.41. The first-order valence-electron chi connectivity index (χ1n) is 7.03. The number of rotatable bonds is 6. The second-order valence-electron chi connectivity index (χ2n) is 5.52. The van der Waals surface area contributed by atoms with Crippen LogP contribution in [0.15, 0.2) is 24.3 Å². The summed E-state index contributed by atoms with van der Waals surface area (Å²) in [5.41, 5.74) is 0. The zero-order chi connectivity index (χ0) is 17.1. The number of benzene rings is 1. The number of hydrogen-bond donors (Lipinski definition) is 1. The monoisotopic (exact) mass is 353 g/mol. The van der Waals surface area contributed by atoms with Gasteiger partial charge in [0, 0.05) is 18.7 Å². The molecule has 1 heterocycles. The summed E-state index contributed by atoms with van der Waals surface area (Å²) in [5.74, 6) is -0.150. The van der Waals surface area contributed by atoms with Crippen LogP contribution < -0.4 is 14.8 Å². The molecule has 0 spiro atoms. The highest BCUT2D eigenvalue weighted by atomic mass is 32.2. The average molecular weight is 353 g/mol. The minimum Gasteiger partial charge on any atom is -0.489 e. The second-order valence-corrected chi connectivity index (χ2v) is 7.71. The van der Waals surface area contributed by atoms with Gasteiger partial charge in [0.1, 0.15) is 17.6 Å². The summed E-state index contributed by atoms with van der Waals surface area (Å²) < 4.78 is 68.9. The summed E-state index contributed by atoms with van der Waals surface area (Å²) in [6, 6.07) is 4.93. The van der Waals surface area contributed by atoms with Gasteiger partial charge in [-0.1, -0.05) is 0 Å². The third-order valence-corrected chi connectivity index (χ3v) is 4.37. The van der Waals surface area contributed by atoms with E-state index in [1.165, 1.54) is 12.1 Å². The van der Waals surface area contributed by atoms with Crippen LogP contribution in [0.2, 0.25) is 0 Å². The summed E-state index contributed by atoms with van der Waals surface area (Å²) in [4.78, 5) is 0. The number of sulfone groups is 1. The highest BCUT2D eigenvalue weighted by Gasteiger charge is 2.31. The van der Waals surface area contributed by atoms with Gasteiger partial charge in [-0.2, -0.15) is 0 Å². The fraction of sp³-hybridized carbons (Fsp3) is 0.571. The highest BCUT2D eigenvalue weighted by Crippen LogP contribution is 2.26. The molecular formula is C14H18F3NO4S. The van der Waals surface area contributed by atoms with Crippen LogP contribution in [0.5, 0.6) is 11.5 Å². The number of hydrogen-bond acceptors (Lipinski definition) is 5. The molecular weight excluding hydrogens is 335 g/mol. The maximum Gasteiger partial charge on any atom is 0.573 e. The summed E-state index contributed by atoms with van der Waals surface area (Å²) in [7, 11) is -3.24. The minimum atomic E-state index is -4.75. The molecule has 0 bridgehead atoms. The van der Waals surface area contributed by atoms with E-state index in [1.54, 1.807) is 0 Å². The molecule has 0 aliphatic carbocycles. The van der Waals surface area contributed by atoms with Gasteiger partial charge in [-0.25, -0.2) is 8.42 Å². The van der Waals surface area contributed by atoms with Crippen molar-refractivity contribution < 1.29 is 31.1 Å². The van der Waals surface area contributed by atoms with E-state index in [0.29, 0.717) is 12.3 Å². The zero-order valence-corrected chi connectivity index (χ0v) is 13.3. The van der Waals surface area contributed by atoms with Crippen LogP contribution in [0.25, 0.3) is 0 Å². The van der Waals surface area contributed by atoms with E-state index in [1.807, 2.05) is 0 Å². The second kappa shape index (κ2) is 6.96. The highest BCUT2D eigenvalue weighted by molar-refractivity contribution is 7.90. The Bertz CT molecular complexity index is 610. The molecule has 2 rings (SSSR count). The molecule has 1 aromatic rings. The SMILES string of the molecule is CS(=O)(=O)C[C@H](Oc1ccc(OC(F)(F)F)cc1)[C@H]1CCNC1. The van der Waals surface area contributed by atoms with Gasteiger partial charge >= 0.3 is 6.36 Å². The molecule has 0 amide bonds. The summed E-state index contributed by atoms with van der Waals surface area (Å²) in [5, 5.41) is 3.14. The molecule has 0 unspecified atom stereocenters. The number of halogens is 3. The van der Waals surface area contributed by atoms with Crippen LogP contribution in [0.1, 0.15) is 6.42 Å². The van der Waals surface area contributed by atoms with Crippen molar-refractivity contribution >= 4 is 9.84 Å². The van der Waals surface area contributed by atoms with E-state index in [2.05, 4.69) is 10.1 Å². The molecule has 2 atom stereocenters. The first kappa shape index (κ1) is 17.9. The summed E-state index contributed by atoms with van der Waals surface area (Å²) in [6.07, 6.45) is -3.38. The van der Waals surface area contributed by atoms with Gasteiger partial charge in [0.2, 0.25) is 0 Å². The van der Waals surface area contributed by atoms with E-state index >= 15 is 0 Å². The van der Waals surface area contributed by atoms with E-state index in [4.69, 9.17) is 4.74 Å². The lowest BCUT2D eigenvalue weighted by molar-refractivity contribution is -0.274. The first-order chi connectivity index (χ1) is 10.6. The molecule has 0 radical (unpaired) electrons. The summed E-state index contributed by atoms with van der Waals surface area (Å²) >= 11 is 0. The lowest BCUT2D eigenvalue weighted by atomic mass is 10.0. The topological polar surface area (TPSA) is 64.6 Å². The van der Waals surface area contributed by atoms with Crippen molar-refractivity contribution in [3.8, 4) is 11.5 Å². The van der Waals surface area contributed by atoms with Crippen molar-refractivity contribution in [3.63, 3.8) is 0 Å².